The molecule has 360 valence electrons. The Morgan fingerprint density at radius 1 is 0.492 bits per heavy atom. The molecular formula is C50H95O10P. The monoisotopic (exact) mass is 887 g/mol. The highest BCUT2D eigenvalue weighted by Gasteiger charge is 2.37. The van der Waals surface area contributed by atoms with Gasteiger partial charge in [-0.1, -0.05) is 192 Å². The van der Waals surface area contributed by atoms with Crippen molar-refractivity contribution in [3.63, 3.8) is 0 Å². The van der Waals surface area contributed by atoms with Crippen molar-refractivity contribution in [3.8, 4) is 0 Å². The second-order valence-corrected chi connectivity index (χ2v) is 19.0. The second kappa shape index (κ2) is 45.0. The first kappa shape index (κ1) is 59.5. The fourth-order valence-corrected chi connectivity index (χ4v) is 8.26. The minimum Gasteiger partial charge on any atom is -0.462 e. The van der Waals surface area contributed by atoms with Gasteiger partial charge < -0.3 is 34.2 Å². The summed E-state index contributed by atoms with van der Waals surface area (Å²) in [5.41, 5.74) is 0. The minimum absolute atomic E-state index is 0.161. The smallest absolute Gasteiger partial charge is 0.356 e. The Morgan fingerprint density at radius 3 is 1.16 bits per heavy atom. The van der Waals surface area contributed by atoms with Gasteiger partial charge in [-0.3, -0.25) is 14.2 Å². The van der Waals surface area contributed by atoms with E-state index < -0.39 is 50.8 Å². The first-order valence-corrected chi connectivity index (χ1v) is 26.9. The summed E-state index contributed by atoms with van der Waals surface area (Å²) in [6, 6.07) is 0. The molecule has 0 saturated carbocycles. The predicted molar refractivity (Wildman–Crippen MR) is 252 cm³/mol. The highest BCUT2D eigenvalue weighted by atomic mass is 31.2. The van der Waals surface area contributed by atoms with Gasteiger partial charge in [0, 0.05) is 12.8 Å². The van der Waals surface area contributed by atoms with Crippen molar-refractivity contribution in [3.05, 3.63) is 24.3 Å². The average molecular weight is 887 g/mol. The summed E-state index contributed by atoms with van der Waals surface area (Å²) in [4.78, 5) is 44.5. The molecule has 0 rings (SSSR count). The van der Waals surface area contributed by atoms with Crippen molar-refractivity contribution in [2.24, 2.45) is 0 Å². The van der Waals surface area contributed by atoms with E-state index in [-0.39, 0.29) is 19.4 Å². The van der Waals surface area contributed by atoms with E-state index in [0.29, 0.717) is 12.8 Å². The summed E-state index contributed by atoms with van der Waals surface area (Å²) in [5, 5.41) is 19.2. The Labute approximate surface area is 374 Å². The first-order chi connectivity index (χ1) is 29.6. The van der Waals surface area contributed by atoms with Gasteiger partial charge in [0.1, 0.15) is 12.7 Å². The lowest BCUT2D eigenvalue weighted by Gasteiger charge is -2.25. The van der Waals surface area contributed by atoms with Gasteiger partial charge in [0.2, 0.25) is 0 Å². The summed E-state index contributed by atoms with van der Waals surface area (Å²) < 4.78 is 28.0. The number of esters is 2. The standard InChI is InChI=1S/C50H95O10P/c1-3-5-7-9-11-13-15-17-19-21-23-25-27-29-31-33-35-37-39-41-48(53)58-44-46(45-59-50(47(52)43-51)61(55,56)57)60-49(54)42-40-38-36-34-32-30-28-26-24-22-20-18-16-14-12-10-8-6-4-2/h17-20,46-47,50-52H,3-16,21-45H2,1-2H3,(H2,55,56,57)/b19-17-,20-18-/t46-,47?,50?/m1/s1. The number of hydrogen-bond acceptors (Lipinski definition) is 8. The van der Waals surface area contributed by atoms with Crippen LogP contribution < -0.4 is 0 Å². The molecule has 4 N–H and O–H groups in total. The topological polar surface area (TPSA) is 160 Å². The van der Waals surface area contributed by atoms with Crippen LogP contribution in [0.25, 0.3) is 0 Å². The Balaban J connectivity index is 4.23. The number of allylic oxidation sites excluding steroid dienone is 4. The molecule has 0 heterocycles. The summed E-state index contributed by atoms with van der Waals surface area (Å²) in [6.07, 6.45) is 47.7. The molecule has 0 spiro atoms. The molecule has 0 aromatic heterocycles. The largest absolute Gasteiger partial charge is 0.462 e. The summed E-state index contributed by atoms with van der Waals surface area (Å²) in [6.45, 7) is 2.73. The van der Waals surface area contributed by atoms with Crippen LogP contribution in [0.4, 0.5) is 0 Å². The number of ether oxygens (including phenoxy) is 3. The lowest BCUT2D eigenvalue weighted by atomic mass is 10.1. The van der Waals surface area contributed by atoms with Crippen molar-refractivity contribution in [2.75, 3.05) is 19.8 Å². The summed E-state index contributed by atoms with van der Waals surface area (Å²) in [7, 11) is -4.96. The van der Waals surface area contributed by atoms with Crippen LogP contribution in [0.5, 0.6) is 0 Å². The van der Waals surface area contributed by atoms with E-state index in [2.05, 4.69) is 38.2 Å². The molecule has 0 bridgehead atoms. The molecule has 0 saturated heterocycles. The van der Waals surface area contributed by atoms with Gasteiger partial charge in [-0.2, -0.15) is 0 Å². The van der Waals surface area contributed by atoms with E-state index in [4.69, 9.17) is 14.2 Å². The molecule has 0 aliphatic rings. The maximum absolute atomic E-state index is 12.7. The van der Waals surface area contributed by atoms with Crippen LogP contribution in [0.3, 0.4) is 0 Å². The average Bonchev–Trinajstić information content (AvgIpc) is 3.23. The molecule has 0 fully saturated rings. The first-order valence-electron chi connectivity index (χ1n) is 25.3. The molecule has 0 radical (unpaired) electrons. The highest BCUT2D eigenvalue weighted by Crippen LogP contribution is 2.43. The second-order valence-electron chi connectivity index (χ2n) is 17.4. The zero-order valence-electron chi connectivity index (χ0n) is 39.3. The number of hydrogen-bond donors (Lipinski definition) is 4. The highest BCUT2D eigenvalue weighted by molar-refractivity contribution is 7.52. The lowest BCUT2D eigenvalue weighted by molar-refractivity contribution is -0.164. The molecular weight excluding hydrogens is 792 g/mol. The van der Waals surface area contributed by atoms with Crippen LogP contribution >= 0.6 is 7.60 Å². The minimum atomic E-state index is -4.96. The van der Waals surface area contributed by atoms with Crippen molar-refractivity contribution < 1.29 is 48.4 Å². The Kier molecular flexibility index (Phi) is 43.9. The Morgan fingerprint density at radius 2 is 0.820 bits per heavy atom. The number of carbonyl (C=O) groups excluding carboxylic acids is 2. The third kappa shape index (κ3) is 42.2. The zero-order valence-corrected chi connectivity index (χ0v) is 40.2. The SMILES string of the molecule is CCCCCCCC/C=C\CCCCCCCCCCCC(=O)OC[C@H](COC(C(O)CO)P(=O)(O)O)OC(=O)CCCCCCCCCCC/C=C\CCCCCCCC. The summed E-state index contributed by atoms with van der Waals surface area (Å²) in [5.74, 6) is -2.97. The van der Waals surface area contributed by atoms with E-state index in [1.54, 1.807) is 0 Å². The molecule has 2 unspecified atom stereocenters. The van der Waals surface area contributed by atoms with E-state index in [1.807, 2.05) is 0 Å². The Hall–Kier alpha value is -1.55. The van der Waals surface area contributed by atoms with Gasteiger partial charge in [-0.05, 0) is 64.2 Å². The molecule has 0 aliphatic carbocycles. The number of unbranched alkanes of at least 4 members (excludes halogenated alkanes) is 30. The molecule has 0 aliphatic heterocycles. The molecule has 11 heteroatoms. The Bertz CT molecular complexity index is 1080. The van der Waals surface area contributed by atoms with Crippen LogP contribution in [-0.2, 0) is 28.4 Å². The number of carbonyl (C=O) groups is 2. The van der Waals surface area contributed by atoms with Crippen molar-refractivity contribution >= 4 is 19.5 Å². The van der Waals surface area contributed by atoms with Gasteiger partial charge in [-0.25, -0.2) is 0 Å². The van der Waals surface area contributed by atoms with E-state index in [1.165, 1.54) is 167 Å². The third-order valence-corrected chi connectivity index (χ3v) is 12.5. The quantitative estimate of drug-likeness (QED) is 0.0200. The molecule has 3 atom stereocenters. The number of rotatable bonds is 47. The fourth-order valence-electron chi connectivity index (χ4n) is 7.44. The number of aliphatic hydroxyl groups excluding tert-OH is 2. The van der Waals surface area contributed by atoms with Gasteiger partial charge in [0.05, 0.1) is 13.2 Å². The summed E-state index contributed by atoms with van der Waals surface area (Å²) >= 11 is 0. The van der Waals surface area contributed by atoms with Crippen molar-refractivity contribution in [2.45, 2.75) is 263 Å². The van der Waals surface area contributed by atoms with Crippen LogP contribution in [0.2, 0.25) is 0 Å². The van der Waals surface area contributed by atoms with Crippen molar-refractivity contribution in [1.82, 2.24) is 0 Å². The molecule has 61 heavy (non-hydrogen) atoms. The van der Waals surface area contributed by atoms with Gasteiger partial charge >= 0.3 is 19.5 Å². The van der Waals surface area contributed by atoms with Gasteiger partial charge in [0.15, 0.2) is 11.9 Å². The van der Waals surface area contributed by atoms with Crippen LogP contribution in [0.15, 0.2) is 24.3 Å². The molecule has 0 aromatic rings. The van der Waals surface area contributed by atoms with Crippen molar-refractivity contribution in [1.29, 1.82) is 0 Å². The van der Waals surface area contributed by atoms with Crippen LogP contribution in [0, 0.1) is 0 Å². The van der Waals surface area contributed by atoms with Crippen LogP contribution in [-0.4, -0.2) is 69.8 Å². The fraction of sp³-hybridized carbons (Fsp3) is 0.880. The van der Waals surface area contributed by atoms with E-state index >= 15 is 0 Å². The van der Waals surface area contributed by atoms with E-state index in [0.717, 1.165) is 38.5 Å². The molecule has 0 aromatic carbocycles. The molecule has 0 amide bonds. The molecule has 10 nitrogen and oxygen atoms in total. The third-order valence-electron chi connectivity index (χ3n) is 11.3. The maximum atomic E-state index is 12.7. The zero-order chi connectivity index (χ0) is 44.9. The predicted octanol–water partition coefficient (Wildman–Crippen LogP) is 13.5. The van der Waals surface area contributed by atoms with Gasteiger partial charge in [0.25, 0.3) is 0 Å². The van der Waals surface area contributed by atoms with Gasteiger partial charge in [-0.15, -0.1) is 0 Å². The van der Waals surface area contributed by atoms with E-state index in [9.17, 15) is 34.2 Å². The van der Waals surface area contributed by atoms with Crippen LogP contribution in [0.1, 0.15) is 245 Å². The number of aliphatic hydroxyl groups is 2. The maximum Gasteiger partial charge on any atom is 0.356 e. The lowest BCUT2D eigenvalue weighted by Crippen LogP contribution is -2.37. The normalized spacial score (nSPS) is 13.6.